The summed E-state index contributed by atoms with van der Waals surface area (Å²) in [4.78, 5) is 15.1. The third-order valence-corrected chi connectivity index (χ3v) is 2.90. The van der Waals surface area contributed by atoms with E-state index in [1.54, 1.807) is 24.5 Å². The Labute approximate surface area is 111 Å². The van der Waals surface area contributed by atoms with Crippen LogP contribution in [0.15, 0.2) is 24.5 Å². The van der Waals surface area contributed by atoms with E-state index in [1.807, 2.05) is 4.57 Å². The number of fused-ring (bicyclic) bond motifs is 1. The van der Waals surface area contributed by atoms with Gasteiger partial charge in [0, 0.05) is 19.8 Å². The van der Waals surface area contributed by atoms with Crippen LogP contribution in [0.1, 0.15) is 30.1 Å². The Kier molecular flexibility index (Phi) is 4.52. The van der Waals surface area contributed by atoms with Crippen LogP contribution < -0.4 is 0 Å². The van der Waals surface area contributed by atoms with Gasteiger partial charge in [-0.25, -0.2) is 9.78 Å². The van der Waals surface area contributed by atoms with Crippen molar-refractivity contribution in [1.29, 1.82) is 0 Å². The first-order valence-electron chi connectivity index (χ1n) is 6.48. The van der Waals surface area contributed by atoms with Crippen molar-refractivity contribution in [3.05, 3.63) is 30.1 Å². The lowest BCUT2D eigenvalue weighted by Gasteiger charge is -2.05. The monoisotopic (exact) mass is 262 g/mol. The number of aromatic nitrogens is 2. The number of benzene rings is 1. The molecule has 102 valence electrons. The molecule has 0 unspecified atom stereocenters. The summed E-state index contributed by atoms with van der Waals surface area (Å²) >= 11 is 0. The number of hydrogen-bond acceptors (Lipinski definition) is 3. The van der Waals surface area contributed by atoms with E-state index in [9.17, 15) is 4.79 Å². The molecule has 0 radical (unpaired) electrons. The van der Waals surface area contributed by atoms with Gasteiger partial charge in [0.1, 0.15) is 0 Å². The van der Waals surface area contributed by atoms with Crippen LogP contribution in [0, 0.1) is 0 Å². The summed E-state index contributed by atoms with van der Waals surface area (Å²) in [5.41, 5.74) is 1.94. The molecule has 0 aliphatic heterocycles. The maximum absolute atomic E-state index is 10.9. The third kappa shape index (κ3) is 3.32. The number of ether oxygens (including phenoxy) is 1. The average molecular weight is 262 g/mol. The smallest absolute Gasteiger partial charge is 0.335 e. The lowest BCUT2D eigenvalue weighted by atomic mass is 10.2. The highest BCUT2D eigenvalue weighted by molar-refractivity contribution is 5.92. The number of carboxylic acid groups (broad SMARTS) is 1. The number of nitrogens with zero attached hydrogens (tertiary/aromatic N) is 2. The molecule has 0 spiro atoms. The van der Waals surface area contributed by atoms with Crippen LogP contribution in [0.5, 0.6) is 0 Å². The van der Waals surface area contributed by atoms with Gasteiger partial charge in [0.25, 0.3) is 0 Å². The maximum Gasteiger partial charge on any atom is 0.335 e. The molecule has 0 aliphatic carbocycles. The van der Waals surface area contributed by atoms with E-state index >= 15 is 0 Å². The van der Waals surface area contributed by atoms with E-state index < -0.39 is 5.97 Å². The summed E-state index contributed by atoms with van der Waals surface area (Å²) in [5, 5.41) is 8.92. The zero-order chi connectivity index (χ0) is 13.7. The molecule has 5 heteroatoms. The topological polar surface area (TPSA) is 64.4 Å². The fourth-order valence-corrected chi connectivity index (χ4v) is 1.96. The van der Waals surface area contributed by atoms with E-state index in [0.717, 1.165) is 43.6 Å². The molecule has 1 aromatic carbocycles. The molecule has 0 atom stereocenters. The molecule has 2 aromatic rings. The Morgan fingerprint density at radius 3 is 3.00 bits per heavy atom. The molecule has 0 aliphatic rings. The molecular weight excluding hydrogens is 244 g/mol. The highest BCUT2D eigenvalue weighted by Crippen LogP contribution is 2.15. The summed E-state index contributed by atoms with van der Waals surface area (Å²) in [6, 6.07) is 5.01. The molecule has 0 bridgehead atoms. The molecule has 5 nitrogen and oxygen atoms in total. The normalized spacial score (nSPS) is 11.0. The average Bonchev–Trinajstić information content (AvgIpc) is 2.81. The predicted molar refractivity (Wildman–Crippen MR) is 72.4 cm³/mol. The SMILES string of the molecule is CCCOCCCn1cnc2cc(C(=O)O)ccc21. The van der Waals surface area contributed by atoms with Crippen LogP contribution in [-0.4, -0.2) is 33.8 Å². The summed E-state index contributed by atoms with van der Waals surface area (Å²) in [6.45, 7) is 4.45. The molecule has 19 heavy (non-hydrogen) atoms. The van der Waals surface area contributed by atoms with Gasteiger partial charge in [-0.2, -0.15) is 0 Å². The number of carboxylic acids is 1. The van der Waals surface area contributed by atoms with Crippen LogP contribution in [0.4, 0.5) is 0 Å². The molecule has 0 amide bonds. The molecule has 1 aromatic heterocycles. The number of aromatic carboxylic acids is 1. The number of hydrogen-bond donors (Lipinski definition) is 1. The second-order valence-corrected chi connectivity index (χ2v) is 4.41. The van der Waals surface area contributed by atoms with Gasteiger partial charge in [0.15, 0.2) is 0 Å². The van der Waals surface area contributed by atoms with Crippen molar-refractivity contribution in [3.63, 3.8) is 0 Å². The highest BCUT2D eigenvalue weighted by Gasteiger charge is 2.07. The van der Waals surface area contributed by atoms with Gasteiger partial charge in [-0.05, 0) is 31.0 Å². The Morgan fingerprint density at radius 1 is 1.42 bits per heavy atom. The standard InChI is InChI=1S/C14H18N2O3/c1-2-7-19-8-3-6-16-10-15-12-9-11(14(17)18)4-5-13(12)16/h4-5,9-10H,2-3,6-8H2,1H3,(H,17,18). The predicted octanol–water partition coefficient (Wildman–Crippen LogP) is 2.55. The van der Waals surface area contributed by atoms with E-state index in [1.165, 1.54) is 0 Å². The first kappa shape index (κ1) is 13.5. The summed E-state index contributed by atoms with van der Waals surface area (Å²) in [5.74, 6) is -0.926. The van der Waals surface area contributed by atoms with E-state index in [4.69, 9.17) is 9.84 Å². The Morgan fingerprint density at radius 2 is 2.26 bits per heavy atom. The first-order chi connectivity index (χ1) is 9.22. The maximum atomic E-state index is 10.9. The molecule has 0 saturated carbocycles. The van der Waals surface area contributed by atoms with Gasteiger partial charge in [0.2, 0.25) is 0 Å². The van der Waals surface area contributed by atoms with E-state index in [2.05, 4.69) is 11.9 Å². The Hall–Kier alpha value is -1.88. The number of rotatable bonds is 7. The lowest BCUT2D eigenvalue weighted by molar-refractivity contribution is 0.0697. The van der Waals surface area contributed by atoms with Gasteiger partial charge >= 0.3 is 5.97 Å². The van der Waals surface area contributed by atoms with Crippen LogP contribution in [0.2, 0.25) is 0 Å². The van der Waals surface area contributed by atoms with E-state index in [-0.39, 0.29) is 5.56 Å². The van der Waals surface area contributed by atoms with Gasteiger partial charge in [-0.1, -0.05) is 6.92 Å². The first-order valence-corrected chi connectivity index (χ1v) is 6.48. The zero-order valence-corrected chi connectivity index (χ0v) is 11.0. The number of carbonyl (C=O) groups is 1. The van der Waals surface area contributed by atoms with Crippen molar-refractivity contribution >= 4 is 17.0 Å². The molecule has 0 fully saturated rings. The van der Waals surface area contributed by atoms with Crippen molar-refractivity contribution in [1.82, 2.24) is 9.55 Å². The highest BCUT2D eigenvalue weighted by atomic mass is 16.5. The van der Waals surface area contributed by atoms with Crippen molar-refractivity contribution in [2.45, 2.75) is 26.3 Å². The largest absolute Gasteiger partial charge is 0.478 e. The van der Waals surface area contributed by atoms with Crippen LogP contribution in [0.3, 0.4) is 0 Å². The Bertz CT molecular complexity index is 563. The second kappa shape index (κ2) is 6.33. The molecule has 0 saturated heterocycles. The molecular formula is C14H18N2O3. The number of imidazole rings is 1. The summed E-state index contributed by atoms with van der Waals surface area (Å²) < 4.78 is 7.46. The second-order valence-electron chi connectivity index (χ2n) is 4.41. The minimum Gasteiger partial charge on any atom is -0.478 e. The van der Waals surface area contributed by atoms with Crippen LogP contribution in [-0.2, 0) is 11.3 Å². The van der Waals surface area contributed by atoms with Gasteiger partial charge < -0.3 is 14.4 Å². The molecule has 1 N–H and O–H groups in total. The van der Waals surface area contributed by atoms with Crippen molar-refractivity contribution in [3.8, 4) is 0 Å². The van der Waals surface area contributed by atoms with Crippen LogP contribution >= 0.6 is 0 Å². The van der Waals surface area contributed by atoms with E-state index in [0.29, 0.717) is 0 Å². The number of aryl methyl sites for hydroxylation is 1. The van der Waals surface area contributed by atoms with Gasteiger partial charge in [-0.3, -0.25) is 0 Å². The fraction of sp³-hybridized carbons (Fsp3) is 0.429. The lowest BCUT2D eigenvalue weighted by Crippen LogP contribution is -2.02. The summed E-state index contributed by atoms with van der Waals surface area (Å²) in [7, 11) is 0. The Balaban J connectivity index is 2.02. The van der Waals surface area contributed by atoms with Crippen LogP contribution in [0.25, 0.3) is 11.0 Å². The van der Waals surface area contributed by atoms with Crippen molar-refractivity contribution < 1.29 is 14.6 Å². The zero-order valence-electron chi connectivity index (χ0n) is 11.0. The van der Waals surface area contributed by atoms with Gasteiger partial charge in [-0.15, -0.1) is 0 Å². The summed E-state index contributed by atoms with van der Waals surface area (Å²) in [6.07, 6.45) is 3.70. The third-order valence-electron chi connectivity index (χ3n) is 2.90. The van der Waals surface area contributed by atoms with Gasteiger partial charge in [0.05, 0.1) is 22.9 Å². The van der Waals surface area contributed by atoms with Crippen molar-refractivity contribution in [2.75, 3.05) is 13.2 Å². The van der Waals surface area contributed by atoms with Crippen molar-refractivity contribution in [2.24, 2.45) is 0 Å². The minimum atomic E-state index is -0.926. The fourth-order valence-electron chi connectivity index (χ4n) is 1.96. The quantitative estimate of drug-likeness (QED) is 0.779. The molecule has 2 rings (SSSR count). The molecule has 1 heterocycles. The minimum absolute atomic E-state index is 0.268.